The van der Waals surface area contributed by atoms with Crippen molar-refractivity contribution in [2.45, 2.75) is 50.4 Å². The summed E-state index contributed by atoms with van der Waals surface area (Å²) in [6.07, 6.45) is 8.57. The third-order valence-corrected chi connectivity index (χ3v) is 5.21. The van der Waals surface area contributed by atoms with E-state index in [0.29, 0.717) is 5.54 Å². The van der Waals surface area contributed by atoms with Gasteiger partial charge < -0.3 is 14.8 Å². The van der Waals surface area contributed by atoms with Crippen LogP contribution in [0.25, 0.3) is 0 Å². The molecule has 0 aromatic rings. The molecule has 3 nitrogen and oxygen atoms in total. The van der Waals surface area contributed by atoms with Crippen molar-refractivity contribution in [1.82, 2.24) is 5.32 Å². The second-order valence-corrected chi connectivity index (χ2v) is 6.48. The molecule has 4 rings (SSSR count). The molecule has 0 aromatic heterocycles. The SMILES string of the molecule is COC(CNC12CC3CC(CC(C3)C1)C2)OC. The lowest BCUT2D eigenvalue weighted by atomic mass is 9.53. The molecule has 0 aliphatic heterocycles. The van der Waals surface area contributed by atoms with Gasteiger partial charge in [-0.3, -0.25) is 0 Å². The standard InChI is InChI=1S/C14H25NO2/c1-16-13(17-2)9-15-14-6-10-3-11(7-14)5-12(4-10)8-14/h10-13,15H,3-9H2,1-2H3. The second kappa shape index (κ2) is 4.52. The highest BCUT2D eigenvalue weighted by Gasteiger charge is 2.50. The van der Waals surface area contributed by atoms with Gasteiger partial charge in [0.05, 0.1) is 0 Å². The van der Waals surface area contributed by atoms with E-state index < -0.39 is 0 Å². The molecule has 0 radical (unpaired) electrons. The van der Waals surface area contributed by atoms with Crippen molar-refractivity contribution < 1.29 is 9.47 Å². The molecule has 4 bridgehead atoms. The highest BCUT2D eigenvalue weighted by molar-refractivity contribution is 5.06. The number of rotatable bonds is 5. The Labute approximate surface area is 104 Å². The Morgan fingerprint density at radius 3 is 1.88 bits per heavy atom. The van der Waals surface area contributed by atoms with Crippen molar-refractivity contribution in [2.24, 2.45) is 17.8 Å². The van der Waals surface area contributed by atoms with Gasteiger partial charge in [0.25, 0.3) is 0 Å². The van der Waals surface area contributed by atoms with Gasteiger partial charge in [-0.05, 0) is 56.3 Å². The van der Waals surface area contributed by atoms with Gasteiger partial charge in [-0.2, -0.15) is 0 Å². The molecule has 0 heterocycles. The highest BCUT2D eigenvalue weighted by atomic mass is 16.7. The van der Waals surface area contributed by atoms with Crippen molar-refractivity contribution in [1.29, 1.82) is 0 Å². The van der Waals surface area contributed by atoms with E-state index in [1.54, 1.807) is 14.2 Å². The Bertz CT molecular complexity index is 240. The van der Waals surface area contributed by atoms with Crippen LogP contribution in [0.5, 0.6) is 0 Å². The van der Waals surface area contributed by atoms with Crippen LogP contribution in [0.2, 0.25) is 0 Å². The zero-order valence-electron chi connectivity index (χ0n) is 11.1. The van der Waals surface area contributed by atoms with E-state index >= 15 is 0 Å². The lowest BCUT2D eigenvalue weighted by molar-refractivity contribution is -0.110. The normalized spacial score (nSPS) is 43.6. The first kappa shape index (κ1) is 11.9. The number of methoxy groups -OCH3 is 2. The van der Waals surface area contributed by atoms with Gasteiger partial charge in [0.2, 0.25) is 0 Å². The van der Waals surface area contributed by atoms with E-state index in [0.717, 1.165) is 24.3 Å². The molecule has 0 unspecified atom stereocenters. The molecule has 17 heavy (non-hydrogen) atoms. The van der Waals surface area contributed by atoms with Gasteiger partial charge in [0.15, 0.2) is 6.29 Å². The second-order valence-electron chi connectivity index (χ2n) is 6.48. The molecule has 4 saturated carbocycles. The molecule has 98 valence electrons. The third-order valence-electron chi connectivity index (χ3n) is 5.21. The zero-order chi connectivity index (χ0) is 11.9. The molecule has 0 saturated heterocycles. The van der Waals surface area contributed by atoms with Crippen molar-refractivity contribution in [3.05, 3.63) is 0 Å². The monoisotopic (exact) mass is 239 g/mol. The molecule has 0 atom stereocenters. The first-order chi connectivity index (χ1) is 8.23. The fraction of sp³-hybridized carbons (Fsp3) is 1.00. The summed E-state index contributed by atoms with van der Waals surface area (Å²) in [6.45, 7) is 0.832. The molecular weight excluding hydrogens is 214 g/mol. The molecule has 0 spiro atoms. The number of hydrogen-bond acceptors (Lipinski definition) is 3. The summed E-state index contributed by atoms with van der Waals surface area (Å²) < 4.78 is 10.6. The van der Waals surface area contributed by atoms with E-state index in [-0.39, 0.29) is 6.29 Å². The van der Waals surface area contributed by atoms with Gasteiger partial charge in [-0.25, -0.2) is 0 Å². The predicted molar refractivity (Wildman–Crippen MR) is 66.7 cm³/mol. The van der Waals surface area contributed by atoms with Crippen LogP contribution in [-0.4, -0.2) is 32.6 Å². The van der Waals surface area contributed by atoms with Crippen LogP contribution in [0.4, 0.5) is 0 Å². The Morgan fingerprint density at radius 1 is 1.00 bits per heavy atom. The quantitative estimate of drug-likeness (QED) is 0.746. The summed E-state index contributed by atoms with van der Waals surface area (Å²) in [5.41, 5.74) is 0.421. The average Bonchev–Trinajstić information content (AvgIpc) is 2.28. The van der Waals surface area contributed by atoms with Crippen LogP contribution in [0, 0.1) is 17.8 Å². The van der Waals surface area contributed by atoms with Crippen LogP contribution >= 0.6 is 0 Å². The van der Waals surface area contributed by atoms with Gasteiger partial charge >= 0.3 is 0 Å². The van der Waals surface area contributed by atoms with Gasteiger partial charge in [0.1, 0.15) is 0 Å². The maximum Gasteiger partial charge on any atom is 0.169 e. The fourth-order valence-corrected chi connectivity index (χ4v) is 4.89. The largest absolute Gasteiger partial charge is 0.355 e. The first-order valence-corrected chi connectivity index (χ1v) is 7.03. The Balaban J connectivity index is 1.62. The first-order valence-electron chi connectivity index (χ1n) is 7.03. The van der Waals surface area contributed by atoms with E-state index in [9.17, 15) is 0 Å². The Kier molecular flexibility index (Phi) is 3.18. The lowest BCUT2D eigenvalue weighted by Crippen LogP contribution is -2.59. The van der Waals surface area contributed by atoms with Crippen molar-refractivity contribution >= 4 is 0 Å². The van der Waals surface area contributed by atoms with Crippen LogP contribution in [0.1, 0.15) is 38.5 Å². The van der Waals surface area contributed by atoms with E-state index in [2.05, 4.69) is 5.32 Å². The predicted octanol–water partition coefficient (Wildman–Crippen LogP) is 2.16. The maximum absolute atomic E-state index is 5.28. The van der Waals surface area contributed by atoms with E-state index in [1.165, 1.54) is 38.5 Å². The minimum Gasteiger partial charge on any atom is -0.355 e. The smallest absolute Gasteiger partial charge is 0.169 e. The van der Waals surface area contributed by atoms with Crippen LogP contribution in [0.15, 0.2) is 0 Å². The maximum atomic E-state index is 5.28. The number of nitrogens with one attached hydrogen (secondary N) is 1. The van der Waals surface area contributed by atoms with Crippen LogP contribution < -0.4 is 5.32 Å². The summed E-state index contributed by atoms with van der Waals surface area (Å²) in [4.78, 5) is 0. The molecule has 4 aliphatic carbocycles. The van der Waals surface area contributed by atoms with Gasteiger partial charge in [-0.1, -0.05) is 0 Å². The van der Waals surface area contributed by atoms with Gasteiger partial charge in [0, 0.05) is 26.3 Å². The molecule has 3 heteroatoms. The summed E-state index contributed by atoms with van der Waals surface area (Å²) in [6, 6.07) is 0. The number of hydrogen-bond donors (Lipinski definition) is 1. The fourth-order valence-electron chi connectivity index (χ4n) is 4.89. The summed E-state index contributed by atoms with van der Waals surface area (Å²) in [5, 5.41) is 3.78. The Hall–Kier alpha value is -0.120. The van der Waals surface area contributed by atoms with Crippen molar-refractivity contribution in [2.75, 3.05) is 20.8 Å². The third kappa shape index (κ3) is 2.25. The minimum absolute atomic E-state index is 0.0944. The molecule has 0 aromatic carbocycles. The topological polar surface area (TPSA) is 30.5 Å². The molecular formula is C14H25NO2. The van der Waals surface area contributed by atoms with Crippen molar-refractivity contribution in [3.63, 3.8) is 0 Å². The zero-order valence-corrected chi connectivity index (χ0v) is 11.1. The van der Waals surface area contributed by atoms with Crippen LogP contribution in [-0.2, 0) is 9.47 Å². The Morgan fingerprint density at radius 2 is 1.47 bits per heavy atom. The van der Waals surface area contributed by atoms with E-state index in [1.807, 2.05) is 0 Å². The van der Waals surface area contributed by atoms with Gasteiger partial charge in [-0.15, -0.1) is 0 Å². The summed E-state index contributed by atoms with van der Waals surface area (Å²) in [7, 11) is 3.44. The minimum atomic E-state index is -0.0944. The molecule has 4 fully saturated rings. The van der Waals surface area contributed by atoms with E-state index in [4.69, 9.17) is 9.47 Å². The molecule has 4 aliphatic rings. The van der Waals surface area contributed by atoms with Crippen molar-refractivity contribution in [3.8, 4) is 0 Å². The summed E-state index contributed by atoms with van der Waals surface area (Å²) >= 11 is 0. The highest BCUT2D eigenvalue weighted by Crippen LogP contribution is 2.55. The summed E-state index contributed by atoms with van der Waals surface area (Å²) in [5.74, 6) is 2.99. The van der Waals surface area contributed by atoms with Crippen LogP contribution in [0.3, 0.4) is 0 Å². The average molecular weight is 239 g/mol. The molecule has 1 N–H and O–H groups in total. The number of ether oxygens (including phenoxy) is 2. The molecule has 0 amide bonds. The lowest BCUT2D eigenvalue weighted by Gasteiger charge is -2.57.